The van der Waals surface area contributed by atoms with E-state index in [9.17, 15) is 9.59 Å². The van der Waals surface area contributed by atoms with E-state index < -0.39 is 0 Å². The Kier molecular flexibility index (Phi) is 4.47. The molecule has 1 heterocycles. The van der Waals surface area contributed by atoms with E-state index in [0.717, 1.165) is 22.0 Å². The molecule has 3 aromatic rings. The molecule has 0 aliphatic heterocycles. The molecule has 3 rings (SSSR count). The fraction of sp³-hybridized carbons (Fsp3) is 0.200. The third-order valence-electron chi connectivity index (χ3n) is 4.23. The Morgan fingerprint density at radius 1 is 1.04 bits per heavy atom. The van der Waals surface area contributed by atoms with Gasteiger partial charge in [0.25, 0.3) is 11.5 Å². The van der Waals surface area contributed by atoms with Crippen molar-refractivity contribution in [2.75, 3.05) is 6.54 Å². The topological polar surface area (TPSA) is 62.0 Å². The van der Waals surface area contributed by atoms with Crippen molar-refractivity contribution in [3.8, 4) is 0 Å². The van der Waals surface area contributed by atoms with E-state index in [1.165, 1.54) is 0 Å². The number of pyridine rings is 1. The predicted octanol–water partition coefficient (Wildman–Crippen LogP) is 3.12. The zero-order chi connectivity index (χ0) is 17.1. The number of aromatic amines is 1. The smallest absolute Gasteiger partial charge is 0.251 e. The van der Waals surface area contributed by atoms with Gasteiger partial charge in [0.15, 0.2) is 0 Å². The summed E-state index contributed by atoms with van der Waals surface area (Å²) < 4.78 is 0. The summed E-state index contributed by atoms with van der Waals surface area (Å²) in [5, 5.41) is 3.89. The normalized spacial score (nSPS) is 10.8. The molecule has 1 amide bonds. The van der Waals surface area contributed by atoms with Crippen LogP contribution in [0.5, 0.6) is 0 Å². The molecule has 4 heteroatoms. The van der Waals surface area contributed by atoms with Crippen molar-refractivity contribution in [2.24, 2.45) is 0 Å². The molecule has 24 heavy (non-hydrogen) atoms. The summed E-state index contributed by atoms with van der Waals surface area (Å²) in [5.41, 5.74) is 4.11. The highest BCUT2D eigenvalue weighted by Gasteiger charge is 2.09. The van der Waals surface area contributed by atoms with Gasteiger partial charge in [-0.25, -0.2) is 0 Å². The number of benzene rings is 2. The minimum absolute atomic E-state index is 0.0954. The van der Waals surface area contributed by atoms with Gasteiger partial charge in [-0.1, -0.05) is 36.4 Å². The maximum Gasteiger partial charge on any atom is 0.251 e. The summed E-state index contributed by atoms with van der Waals surface area (Å²) in [6.45, 7) is 4.30. The monoisotopic (exact) mass is 320 g/mol. The largest absolute Gasteiger partial charge is 0.352 e. The van der Waals surface area contributed by atoms with Gasteiger partial charge in [-0.2, -0.15) is 0 Å². The van der Waals surface area contributed by atoms with Crippen LogP contribution < -0.4 is 10.9 Å². The van der Waals surface area contributed by atoms with Gasteiger partial charge in [-0.3, -0.25) is 9.59 Å². The van der Waals surface area contributed by atoms with Crippen molar-refractivity contribution in [3.63, 3.8) is 0 Å². The van der Waals surface area contributed by atoms with Gasteiger partial charge >= 0.3 is 0 Å². The van der Waals surface area contributed by atoms with Crippen molar-refractivity contribution in [3.05, 3.63) is 81.1 Å². The number of carbonyl (C=O) groups excluding carboxylic acids is 1. The van der Waals surface area contributed by atoms with Gasteiger partial charge in [-0.15, -0.1) is 0 Å². The molecule has 1 aromatic heterocycles. The number of hydrogen-bond donors (Lipinski definition) is 2. The highest BCUT2D eigenvalue weighted by molar-refractivity contribution is 5.95. The van der Waals surface area contributed by atoms with E-state index >= 15 is 0 Å². The first kappa shape index (κ1) is 16.0. The van der Waals surface area contributed by atoms with Crippen LogP contribution in [-0.2, 0) is 6.42 Å². The van der Waals surface area contributed by atoms with Crippen LogP contribution in [0, 0.1) is 13.8 Å². The van der Waals surface area contributed by atoms with Crippen LogP contribution in [0.2, 0.25) is 0 Å². The Labute approximate surface area is 140 Å². The Morgan fingerprint density at radius 2 is 1.79 bits per heavy atom. The number of para-hydroxylation sites is 1. The molecule has 0 fully saturated rings. The fourth-order valence-corrected chi connectivity index (χ4v) is 2.85. The average molecular weight is 320 g/mol. The fourth-order valence-electron chi connectivity index (χ4n) is 2.85. The number of fused-ring (bicyclic) bond motifs is 1. The van der Waals surface area contributed by atoms with Gasteiger partial charge in [0.2, 0.25) is 0 Å². The van der Waals surface area contributed by atoms with Crippen molar-refractivity contribution in [1.29, 1.82) is 0 Å². The van der Waals surface area contributed by atoms with Gasteiger partial charge in [0.05, 0.1) is 5.52 Å². The molecular formula is C20H20N2O2. The second kappa shape index (κ2) is 6.71. The van der Waals surface area contributed by atoms with Crippen LogP contribution in [0.4, 0.5) is 0 Å². The first-order chi connectivity index (χ1) is 11.6. The van der Waals surface area contributed by atoms with E-state index in [-0.39, 0.29) is 11.5 Å². The Morgan fingerprint density at radius 3 is 2.58 bits per heavy atom. The van der Waals surface area contributed by atoms with Crippen LogP contribution in [0.25, 0.3) is 10.9 Å². The molecule has 122 valence electrons. The lowest BCUT2D eigenvalue weighted by atomic mass is 10.1. The summed E-state index contributed by atoms with van der Waals surface area (Å²) in [4.78, 5) is 27.4. The zero-order valence-electron chi connectivity index (χ0n) is 13.8. The number of aromatic nitrogens is 1. The van der Waals surface area contributed by atoms with Crippen molar-refractivity contribution in [1.82, 2.24) is 10.3 Å². The number of aryl methyl sites for hydroxylation is 2. The predicted molar refractivity (Wildman–Crippen MR) is 96.5 cm³/mol. The molecule has 2 aromatic carbocycles. The SMILES string of the molecule is Cc1ccccc1C(=O)NCCc1cc2cccc(C)c2[nH]c1=O. The minimum atomic E-state index is -0.110. The second-order valence-corrected chi connectivity index (χ2v) is 5.98. The first-order valence-electron chi connectivity index (χ1n) is 8.01. The van der Waals surface area contributed by atoms with Crippen molar-refractivity contribution < 1.29 is 4.79 Å². The van der Waals surface area contributed by atoms with Crippen LogP contribution in [0.3, 0.4) is 0 Å². The van der Waals surface area contributed by atoms with Crippen LogP contribution in [0.15, 0.2) is 53.3 Å². The van der Waals surface area contributed by atoms with Gasteiger partial charge in [0, 0.05) is 17.7 Å². The second-order valence-electron chi connectivity index (χ2n) is 5.98. The van der Waals surface area contributed by atoms with E-state index in [1.54, 1.807) is 6.07 Å². The molecule has 0 atom stereocenters. The third-order valence-corrected chi connectivity index (χ3v) is 4.23. The van der Waals surface area contributed by atoms with Crippen molar-refractivity contribution in [2.45, 2.75) is 20.3 Å². The standard InChI is InChI=1S/C20H20N2O2/c1-13-6-3-4-9-17(13)20(24)21-11-10-16-12-15-8-5-7-14(2)18(15)22-19(16)23/h3-9,12H,10-11H2,1-2H3,(H,21,24)(H,22,23). The Balaban J connectivity index is 1.72. The van der Waals surface area contributed by atoms with E-state index in [2.05, 4.69) is 10.3 Å². The van der Waals surface area contributed by atoms with E-state index in [4.69, 9.17) is 0 Å². The summed E-state index contributed by atoms with van der Waals surface area (Å²) >= 11 is 0. The summed E-state index contributed by atoms with van der Waals surface area (Å²) in [6.07, 6.45) is 0.497. The number of amides is 1. The highest BCUT2D eigenvalue weighted by Crippen LogP contribution is 2.15. The summed E-state index contributed by atoms with van der Waals surface area (Å²) in [6, 6.07) is 15.3. The number of hydrogen-bond acceptors (Lipinski definition) is 2. The minimum Gasteiger partial charge on any atom is -0.352 e. The summed E-state index contributed by atoms with van der Waals surface area (Å²) in [7, 11) is 0. The van der Waals surface area contributed by atoms with Crippen LogP contribution >= 0.6 is 0 Å². The highest BCUT2D eigenvalue weighted by atomic mass is 16.1. The molecule has 0 saturated carbocycles. The molecule has 0 spiro atoms. The maximum atomic E-state index is 12.2. The van der Waals surface area contributed by atoms with Gasteiger partial charge in [-0.05, 0) is 48.9 Å². The lowest BCUT2D eigenvalue weighted by molar-refractivity contribution is 0.0953. The van der Waals surface area contributed by atoms with Gasteiger partial charge < -0.3 is 10.3 Å². The lowest BCUT2D eigenvalue weighted by Crippen LogP contribution is -2.28. The van der Waals surface area contributed by atoms with Crippen LogP contribution in [-0.4, -0.2) is 17.4 Å². The molecular weight excluding hydrogens is 300 g/mol. The van der Waals surface area contributed by atoms with Crippen molar-refractivity contribution >= 4 is 16.8 Å². The zero-order valence-corrected chi connectivity index (χ0v) is 13.8. The first-order valence-corrected chi connectivity index (χ1v) is 8.01. The molecule has 0 saturated heterocycles. The molecule has 2 N–H and O–H groups in total. The van der Waals surface area contributed by atoms with E-state index in [1.807, 2.05) is 56.3 Å². The molecule has 0 radical (unpaired) electrons. The molecule has 0 aliphatic carbocycles. The average Bonchev–Trinajstić information content (AvgIpc) is 2.56. The number of rotatable bonds is 4. The maximum absolute atomic E-state index is 12.2. The molecule has 4 nitrogen and oxygen atoms in total. The Bertz CT molecular complexity index is 957. The lowest BCUT2D eigenvalue weighted by Gasteiger charge is -2.08. The number of nitrogens with one attached hydrogen (secondary N) is 2. The van der Waals surface area contributed by atoms with E-state index in [0.29, 0.717) is 24.1 Å². The number of H-pyrrole nitrogens is 1. The summed E-state index contributed by atoms with van der Waals surface area (Å²) in [5.74, 6) is -0.110. The van der Waals surface area contributed by atoms with Crippen LogP contribution in [0.1, 0.15) is 27.0 Å². The molecule has 0 bridgehead atoms. The Hall–Kier alpha value is -2.88. The molecule has 0 aliphatic rings. The van der Waals surface area contributed by atoms with Gasteiger partial charge in [0.1, 0.15) is 0 Å². The third kappa shape index (κ3) is 3.23. The number of carbonyl (C=O) groups is 1. The quantitative estimate of drug-likeness (QED) is 0.776. The molecule has 0 unspecified atom stereocenters.